The van der Waals surface area contributed by atoms with Crippen molar-refractivity contribution >= 4 is 35.9 Å². The lowest BCUT2D eigenvalue weighted by Gasteiger charge is -2.32. The standard InChI is InChI=1S/C37H46N10O6/c1-22(2)30(42-36(50)51)32(48)44-16-6-18-46(44)34-38-20-28(40-34)26-12-8-24(9-13-26)25-10-14-27(15-11-25)29-21-39-35(41-29)47-19-7-17-45(47)33(49)31(23(3)4)43-37(52)53-5/h8-15,20-23,30-31,42H,6-7,16-19H2,1-5H3,(H,38,40)(H,39,41)(H,43,52)(H,50,51)/t30-,31-/m0/s1. The lowest BCUT2D eigenvalue weighted by atomic mass is 10.0. The summed E-state index contributed by atoms with van der Waals surface area (Å²) in [5.41, 5.74) is 5.31. The highest BCUT2D eigenvalue weighted by molar-refractivity contribution is 5.88. The molecule has 4 aromatic rings. The number of methoxy groups -OCH3 is 1. The number of nitrogens with zero attached hydrogens (tertiary/aromatic N) is 6. The van der Waals surface area contributed by atoms with Crippen molar-refractivity contribution in [1.82, 2.24) is 40.6 Å². The number of carboxylic acid groups (broad SMARTS) is 1. The maximum atomic E-state index is 13.5. The van der Waals surface area contributed by atoms with Gasteiger partial charge in [0.15, 0.2) is 0 Å². The number of hydrogen-bond donors (Lipinski definition) is 5. The number of alkyl carbamates (subject to hydrolysis) is 1. The Bertz CT molecular complexity index is 1920. The second-order valence-corrected chi connectivity index (χ2v) is 13.8. The van der Waals surface area contributed by atoms with Crippen molar-refractivity contribution < 1.29 is 29.0 Å². The van der Waals surface area contributed by atoms with Crippen LogP contribution in [-0.2, 0) is 14.3 Å². The molecule has 2 saturated heterocycles. The van der Waals surface area contributed by atoms with Gasteiger partial charge in [0.1, 0.15) is 12.1 Å². The third kappa shape index (κ3) is 7.90. The van der Waals surface area contributed by atoms with Gasteiger partial charge in [-0.25, -0.2) is 29.6 Å². The molecule has 4 heterocycles. The van der Waals surface area contributed by atoms with Crippen LogP contribution in [-0.4, -0.2) is 104 Å². The minimum Gasteiger partial charge on any atom is -0.465 e. The van der Waals surface area contributed by atoms with Crippen LogP contribution in [0.4, 0.5) is 21.5 Å². The second-order valence-electron chi connectivity index (χ2n) is 13.8. The average Bonchev–Trinajstić information content (AvgIpc) is 3.98. The summed E-state index contributed by atoms with van der Waals surface area (Å²) in [5.74, 6) is 0.187. The summed E-state index contributed by atoms with van der Waals surface area (Å²) >= 11 is 0. The van der Waals surface area contributed by atoms with Gasteiger partial charge in [-0.2, -0.15) is 0 Å². The predicted octanol–water partition coefficient (Wildman–Crippen LogP) is 4.71. The maximum absolute atomic E-state index is 13.5. The summed E-state index contributed by atoms with van der Waals surface area (Å²) in [6.45, 7) is 9.55. The largest absolute Gasteiger partial charge is 0.465 e. The molecule has 2 aromatic carbocycles. The number of aromatic nitrogens is 4. The molecule has 280 valence electrons. The summed E-state index contributed by atoms with van der Waals surface area (Å²) in [6.07, 6.45) is 3.24. The van der Waals surface area contributed by atoms with Gasteiger partial charge < -0.3 is 30.4 Å². The molecule has 16 heteroatoms. The molecule has 2 aromatic heterocycles. The molecular formula is C37H46N10O6. The van der Waals surface area contributed by atoms with Crippen molar-refractivity contribution in [2.75, 3.05) is 43.3 Å². The Morgan fingerprint density at radius 3 is 1.43 bits per heavy atom. The van der Waals surface area contributed by atoms with E-state index in [2.05, 4.69) is 20.6 Å². The molecule has 4 amide bonds. The number of carbonyl (C=O) groups excluding carboxylic acids is 3. The molecular weight excluding hydrogens is 680 g/mol. The van der Waals surface area contributed by atoms with Crippen LogP contribution in [0.5, 0.6) is 0 Å². The summed E-state index contributed by atoms with van der Waals surface area (Å²) in [5, 5.41) is 21.1. The normalized spacial score (nSPS) is 15.6. The van der Waals surface area contributed by atoms with Crippen LogP contribution in [0.1, 0.15) is 40.5 Å². The number of anilines is 2. The first-order valence-corrected chi connectivity index (χ1v) is 17.8. The minimum atomic E-state index is -1.23. The number of hydrogen-bond acceptors (Lipinski definition) is 9. The van der Waals surface area contributed by atoms with Gasteiger partial charge in [0.25, 0.3) is 11.8 Å². The van der Waals surface area contributed by atoms with E-state index in [9.17, 15) is 24.3 Å². The Hall–Kier alpha value is -6.06. The number of aromatic amines is 2. The zero-order chi connectivity index (χ0) is 37.8. The molecule has 2 aliphatic heterocycles. The van der Waals surface area contributed by atoms with Crippen molar-refractivity contribution in [3.05, 3.63) is 60.9 Å². The van der Waals surface area contributed by atoms with Crippen LogP contribution >= 0.6 is 0 Å². The number of nitrogens with one attached hydrogen (secondary N) is 4. The third-order valence-electron chi connectivity index (χ3n) is 9.49. The van der Waals surface area contributed by atoms with E-state index in [1.165, 1.54) is 7.11 Å². The Balaban J connectivity index is 1.11. The molecule has 0 saturated carbocycles. The summed E-state index contributed by atoms with van der Waals surface area (Å²) in [4.78, 5) is 66.0. The lowest BCUT2D eigenvalue weighted by Crippen LogP contribution is -2.54. The smallest absolute Gasteiger partial charge is 0.407 e. The summed E-state index contributed by atoms with van der Waals surface area (Å²) < 4.78 is 4.73. The quantitative estimate of drug-likeness (QED) is 0.145. The fourth-order valence-electron chi connectivity index (χ4n) is 6.64. The molecule has 0 aliphatic carbocycles. The average molecular weight is 727 g/mol. The Morgan fingerprint density at radius 1 is 0.660 bits per heavy atom. The first-order valence-electron chi connectivity index (χ1n) is 17.8. The van der Waals surface area contributed by atoms with Crippen molar-refractivity contribution in [1.29, 1.82) is 0 Å². The molecule has 5 N–H and O–H groups in total. The van der Waals surface area contributed by atoms with Crippen LogP contribution < -0.4 is 20.7 Å². The number of imidazole rings is 2. The first-order chi connectivity index (χ1) is 25.4. The highest BCUT2D eigenvalue weighted by atomic mass is 16.5. The Labute approximate surface area is 307 Å². The van der Waals surface area contributed by atoms with Crippen molar-refractivity contribution in [3.63, 3.8) is 0 Å². The lowest BCUT2D eigenvalue weighted by molar-refractivity contribution is -0.134. The van der Waals surface area contributed by atoms with Crippen molar-refractivity contribution in [3.8, 4) is 33.6 Å². The molecule has 0 bridgehead atoms. The highest BCUT2D eigenvalue weighted by Crippen LogP contribution is 2.30. The number of rotatable bonds is 11. The van der Waals surface area contributed by atoms with Gasteiger partial charge in [-0.1, -0.05) is 76.2 Å². The fourth-order valence-corrected chi connectivity index (χ4v) is 6.64. The Kier molecular flexibility index (Phi) is 10.9. The van der Waals surface area contributed by atoms with E-state index >= 15 is 0 Å². The molecule has 2 aliphatic rings. The monoisotopic (exact) mass is 726 g/mol. The van der Waals surface area contributed by atoms with E-state index in [0.717, 1.165) is 46.5 Å². The second kappa shape index (κ2) is 15.7. The summed E-state index contributed by atoms with van der Waals surface area (Å²) in [6, 6.07) is 14.5. The van der Waals surface area contributed by atoms with Gasteiger partial charge >= 0.3 is 12.2 Å². The fraction of sp³-hybridized carbons (Fsp3) is 0.405. The van der Waals surface area contributed by atoms with E-state index in [1.54, 1.807) is 21.2 Å². The molecule has 0 radical (unpaired) electrons. The van der Waals surface area contributed by atoms with Crippen LogP contribution in [0.25, 0.3) is 33.6 Å². The van der Waals surface area contributed by atoms with Gasteiger partial charge in [-0.15, -0.1) is 0 Å². The van der Waals surface area contributed by atoms with Gasteiger partial charge in [-0.05, 0) is 35.8 Å². The van der Waals surface area contributed by atoms with Gasteiger partial charge in [0, 0.05) is 49.7 Å². The maximum Gasteiger partial charge on any atom is 0.407 e. The van der Waals surface area contributed by atoms with Crippen LogP contribution in [0, 0.1) is 11.8 Å². The van der Waals surface area contributed by atoms with Gasteiger partial charge in [-0.3, -0.25) is 19.6 Å². The first kappa shape index (κ1) is 36.7. The SMILES string of the molecule is COC(=O)N[C@H](C(=O)N1CCCN1c1nc(-c2ccc(-c3ccc(-c4c[nH]c(N5CCCN5C(=O)[C@@H](NC(=O)O)C(C)C)n4)cc3)cc2)c[nH]1)C(C)C. The van der Waals surface area contributed by atoms with E-state index < -0.39 is 24.3 Å². The zero-order valence-electron chi connectivity index (χ0n) is 30.5. The third-order valence-corrected chi connectivity index (χ3v) is 9.49. The van der Waals surface area contributed by atoms with Crippen molar-refractivity contribution in [2.45, 2.75) is 52.6 Å². The van der Waals surface area contributed by atoms with Crippen LogP contribution in [0.15, 0.2) is 60.9 Å². The molecule has 0 unspecified atom stereocenters. The number of carbonyl (C=O) groups is 4. The van der Waals surface area contributed by atoms with Crippen molar-refractivity contribution in [2.24, 2.45) is 11.8 Å². The number of amides is 4. The van der Waals surface area contributed by atoms with E-state index in [4.69, 9.17) is 14.7 Å². The molecule has 2 atom stereocenters. The highest BCUT2D eigenvalue weighted by Gasteiger charge is 2.37. The van der Waals surface area contributed by atoms with E-state index in [-0.39, 0.29) is 23.7 Å². The van der Waals surface area contributed by atoms with E-state index in [0.29, 0.717) is 38.1 Å². The van der Waals surface area contributed by atoms with Gasteiger partial charge in [0.05, 0.1) is 18.5 Å². The number of H-pyrrole nitrogens is 2. The molecule has 2 fully saturated rings. The topological polar surface area (TPSA) is 192 Å². The van der Waals surface area contributed by atoms with Crippen LogP contribution in [0.3, 0.4) is 0 Å². The Morgan fingerprint density at radius 2 is 1.06 bits per heavy atom. The number of ether oxygens (including phenoxy) is 1. The van der Waals surface area contributed by atoms with E-state index in [1.807, 2.05) is 87.4 Å². The minimum absolute atomic E-state index is 0.135. The van der Waals surface area contributed by atoms with Crippen LogP contribution in [0.2, 0.25) is 0 Å². The molecule has 16 nitrogen and oxygen atoms in total. The molecule has 53 heavy (non-hydrogen) atoms. The molecule has 0 spiro atoms. The molecule has 6 rings (SSSR count). The number of hydrazine groups is 2. The summed E-state index contributed by atoms with van der Waals surface area (Å²) in [7, 11) is 1.27. The predicted molar refractivity (Wildman–Crippen MR) is 198 cm³/mol. The number of benzene rings is 2. The zero-order valence-corrected chi connectivity index (χ0v) is 30.5. The van der Waals surface area contributed by atoms with Gasteiger partial charge in [0.2, 0.25) is 11.9 Å².